The molecule has 0 bridgehead atoms. The average molecular weight is 266 g/mol. The van der Waals surface area contributed by atoms with Gasteiger partial charge in [0, 0.05) is 11.9 Å². The molecule has 0 amide bonds. The normalized spacial score (nSPS) is 10.6. The van der Waals surface area contributed by atoms with Gasteiger partial charge in [-0.3, -0.25) is 0 Å². The van der Waals surface area contributed by atoms with Crippen LogP contribution in [0, 0.1) is 5.82 Å². The molecule has 2 aromatic rings. The maximum Gasteiger partial charge on any atom is 0.137 e. The maximum absolute atomic E-state index is 13.9. The number of hydrogen-bond acceptors (Lipinski definition) is 4. The average Bonchev–Trinajstić information content (AvgIpc) is 2.84. The lowest BCUT2D eigenvalue weighted by Gasteiger charge is -2.06. The number of rotatable bonds is 5. The second-order valence-corrected chi connectivity index (χ2v) is 4.60. The summed E-state index contributed by atoms with van der Waals surface area (Å²) >= 11 is 1.43. The van der Waals surface area contributed by atoms with E-state index in [9.17, 15) is 4.39 Å². The maximum atomic E-state index is 13.9. The molecular weight excluding hydrogens is 251 g/mol. The Morgan fingerprint density at radius 3 is 3.00 bits per heavy atom. The molecule has 1 aromatic carbocycles. The van der Waals surface area contributed by atoms with Crippen molar-refractivity contribution in [3.8, 4) is 16.3 Å². The summed E-state index contributed by atoms with van der Waals surface area (Å²) in [6.07, 6.45) is 0. The number of halogens is 1. The lowest BCUT2D eigenvalue weighted by atomic mass is 10.2. The molecule has 3 nitrogen and oxygen atoms in total. The Morgan fingerprint density at radius 1 is 1.44 bits per heavy atom. The number of nitrogens with zero attached hydrogens (tertiary/aromatic N) is 1. The van der Waals surface area contributed by atoms with Crippen LogP contribution >= 0.6 is 11.3 Å². The first kappa shape index (κ1) is 13.0. The van der Waals surface area contributed by atoms with E-state index in [1.165, 1.54) is 24.5 Å². The molecule has 0 aliphatic rings. The molecule has 5 heteroatoms. The Labute approximate surface area is 110 Å². The van der Waals surface area contributed by atoms with Crippen molar-refractivity contribution < 1.29 is 9.13 Å². The highest BCUT2D eigenvalue weighted by Gasteiger charge is 2.14. The van der Waals surface area contributed by atoms with Gasteiger partial charge in [-0.05, 0) is 18.7 Å². The van der Waals surface area contributed by atoms with Crippen LogP contribution in [-0.4, -0.2) is 18.6 Å². The van der Waals surface area contributed by atoms with Crippen molar-refractivity contribution in [2.75, 3.05) is 13.7 Å². The van der Waals surface area contributed by atoms with E-state index in [-0.39, 0.29) is 5.82 Å². The summed E-state index contributed by atoms with van der Waals surface area (Å²) < 4.78 is 19.0. The van der Waals surface area contributed by atoms with Crippen LogP contribution in [-0.2, 0) is 6.54 Å². The molecule has 1 N–H and O–H groups in total. The molecule has 0 saturated carbocycles. The van der Waals surface area contributed by atoms with Crippen molar-refractivity contribution in [3.05, 3.63) is 35.1 Å². The molecule has 0 saturated heterocycles. The van der Waals surface area contributed by atoms with Crippen molar-refractivity contribution in [2.24, 2.45) is 0 Å². The molecule has 18 heavy (non-hydrogen) atoms. The topological polar surface area (TPSA) is 34.1 Å². The fraction of sp³-hybridized carbons (Fsp3) is 0.308. The van der Waals surface area contributed by atoms with E-state index in [0.29, 0.717) is 22.9 Å². The van der Waals surface area contributed by atoms with E-state index < -0.39 is 0 Å². The molecular formula is C13H15FN2OS. The van der Waals surface area contributed by atoms with Crippen LogP contribution in [0.15, 0.2) is 23.6 Å². The van der Waals surface area contributed by atoms with Gasteiger partial charge in [0.05, 0.1) is 18.4 Å². The summed E-state index contributed by atoms with van der Waals surface area (Å²) in [5.41, 5.74) is 1.36. The van der Waals surface area contributed by atoms with Gasteiger partial charge in [-0.15, -0.1) is 11.3 Å². The third-order valence-corrected chi connectivity index (χ3v) is 3.43. The number of hydrogen-bond donors (Lipinski definition) is 1. The third-order valence-electron chi connectivity index (χ3n) is 2.52. The summed E-state index contributed by atoms with van der Waals surface area (Å²) in [6.45, 7) is 3.62. The number of thiazole rings is 1. The second kappa shape index (κ2) is 5.93. The summed E-state index contributed by atoms with van der Waals surface area (Å²) in [6, 6.07) is 4.79. The van der Waals surface area contributed by atoms with Crippen LogP contribution in [0.25, 0.3) is 10.6 Å². The van der Waals surface area contributed by atoms with Crippen molar-refractivity contribution in [1.29, 1.82) is 0 Å². The summed E-state index contributed by atoms with van der Waals surface area (Å²) in [5.74, 6) is 0.207. The fourth-order valence-electron chi connectivity index (χ4n) is 1.64. The standard InChI is InChI=1S/C13H15FN2OS/c1-3-15-7-9-8-18-13(16-9)12-10(14)5-4-6-11(12)17-2/h4-6,8,15H,3,7H2,1-2H3. The predicted molar refractivity (Wildman–Crippen MR) is 71.4 cm³/mol. The summed E-state index contributed by atoms with van der Waals surface area (Å²) in [5, 5.41) is 5.78. The zero-order valence-corrected chi connectivity index (χ0v) is 11.2. The summed E-state index contributed by atoms with van der Waals surface area (Å²) in [7, 11) is 1.53. The van der Waals surface area contributed by atoms with E-state index in [1.807, 2.05) is 12.3 Å². The zero-order valence-electron chi connectivity index (χ0n) is 10.4. The highest BCUT2D eigenvalue weighted by Crippen LogP contribution is 2.34. The van der Waals surface area contributed by atoms with Crippen LogP contribution in [0.3, 0.4) is 0 Å². The largest absolute Gasteiger partial charge is 0.496 e. The van der Waals surface area contributed by atoms with Crippen LogP contribution < -0.4 is 10.1 Å². The Bertz CT molecular complexity index is 527. The first-order valence-electron chi connectivity index (χ1n) is 5.74. The van der Waals surface area contributed by atoms with Gasteiger partial charge >= 0.3 is 0 Å². The van der Waals surface area contributed by atoms with Crippen molar-refractivity contribution in [1.82, 2.24) is 10.3 Å². The van der Waals surface area contributed by atoms with E-state index in [4.69, 9.17) is 4.74 Å². The minimum Gasteiger partial charge on any atom is -0.496 e. The van der Waals surface area contributed by atoms with E-state index in [2.05, 4.69) is 10.3 Å². The Balaban J connectivity index is 2.33. The van der Waals surface area contributed by atoms with Gasteiger partial charge in [0.15, 0.2) is 0 Å². The molecule has 0 fully saturated rings. The van der Waals surface area contributed by atoms with Crippen LogP contribution in [0.1, 0.15) is 12.6 Å². The molecule has 0 unspecified atom stereocenters. The van der Waals surface area contributed by atoms with Gasteiger partial charge < -0.3 is 10.1 Å². The Hall–Kier alpha value is -1.46. The molecule has 1 aromatic heterocycles. The quantitative estimate of drug-likeness (QED) is 0.903. The molecule has 0 radical (unpaired) electrons. The lowest BCUT2D eigenvalue weighted by Crippen LogP contribution is -2.11. The first-order chi connectivity index (χ1) is 8.76. The molecule has 96 valence electrons. The third kappa shape index (κ3) is 2.68. The van der Waals surface area contributed by atoms with Crippen molar-refractivity contribution >= 4 is 11.3 Å². The molecule has 0 atom stereocenters. The molecule has 2 rings (SSSR count). The van der Waals surface area contributed by atoms with Gasteiger partial charge in [0.1, 0.15) is 16.6 Å². The smallest absolute Gasteiger partial charge is 0.137 e. The predicted octanol–water partition coefficient (Wildman–Crippen LogP) is 3.07. The van der Waals surface area contributed by atoms with Crippen molar-refractivity contribution in [2.45, 2.75) is 13.5 Å². The zero-order chi connectivity index (χ0) is 13.0. The van der Waals surface area contributed by atoms with E-state index >= 15 is 0 Å². The summed E-state index contributed by atoms with van der Waals surface area (Å²) in [4.78, 5) is 4.42. The molecule has 1 heterocycles. The van der Waals surface area contributed by atoms with Gasteiger partial charge in [0.2, 0.25) is 0 Å². The molecule has 0 aliphatic heterocycles. The minimum absolute atomic E-state index is 0.307. The monoisotopic (exact) mass is 266 g/mol. The van der Waals surface area contributed by atoms with Gasteiger partial charge in [0.25, 0.3) is 0 Å². The SMILES string of the molecule is CCNCc1csc(-c2c(F)cccc2OC)n1. The van der Waals surface area contributed by atoms with Crippen LogP contribution in [0.5, 0.6) is 5.75 Å². The van der Waals surface area contributed by atoms with Gasteiger partial charge in [-0.1, -0.05) is 13.0 Å². The molecule has 0 aliphatic carbocycles. The number of aromatic nitrogens is 1. The van der Waals surface area contributed by atoms with Gasteiger partial charge in [-0.25, -0.2) is 9.37 Å². The fourth-order valence-corrected chi connectivity index (χ4v) is 2.51. The number of nitrogens with one attached hydrogen (secondary N) is 1. The van der Waals surface area contributed by atoms with Crippen LogP contribution in [0.2, 0.25) is 0 Å². The lowest BCUT2D eigenvalue weighted by molar-refractivity contribution is 0.413. The number of methoxy groups -OCH3 is 1. The number of ether oxygens (including phenoxy) is 1. The first-order valence-corrected chi connectivity index (χ1v) is 6.62. The van der Waals surface area contributed by atoms with E-state index in [0.717, 1.165) is 12.2 Å². The van der Waals surface area contributed by atoms with Crippen molar-refractivity contribution in [3.63, 3.8) is 0 Å². The number of benzene rings is 1. The van der Waals surface area contributed by atoms with Gasteiger partial charge in [-0.2, -0.15) is 0 Å². The second-order valence-electron chi connectivity index (χ2n) is 3.74. The van der Waals surface area contributed by atoms with Crippen LogP contribution in [0.4, 0.5) is 4.39 Å². The Morgan fingerprint density at radius 2 is 2.28 bits per heavy atom. The minimum atomic E-state index is -0.307. The Kier molecular flexibility index (Phi) is 4.28. The highest BCUT2D eigenvalue weighted by atomic mass is 32.1. The van der Waals surface area contributed by atoms with E-state index in [1.54, 1.807) is 12.1 Å². The highest BCUT2D eigenvalue weighted by molar-refractivity contribution is 7.13. The molecule has 0 spiro atoms.